The van der Waals surface area contributed by atoms with E-state index in [4.69, 9.17) is 4.42 Å². The number of fused-ring (bicyclic) bond motifs is 6. The third-order valence-corrected chi connectivity index (χ3v) is 12.6. The Kier molecular flexibility index (Phi) is 9.20. The van der Waals surface area contributed by atoms with Crippen LogP contribution in [0.3, 0.4) is 0 Å². The summed E-state index contributed by atoms with van der Waals surface area (Å²) in [6, 6.07) is 89.8. The molecule has 0 aliphatic rings. The molecule has 2 heteroatoms. The predicted molar refractivity (Wildman–Crippen MR) is 271 cm³/mol. The number of hydrogen-bond donors (Lipinski definition) is 0. The van der Waals surface area contributed by atoms with Crippen molar-refractivity contribution in [3.8, 4) is 55.6 Å². The van der Waals surface area contributed by atoms with Crippen molar-refractivity contribution in [3.63, 3.8) is 0 Å². The molecule has 0 radical (unpaired) electrons. The van der Waals surface area contributed by atoms with E-state index < -0.39 is 0 Å². The van der Waals surface area contributed by atoms with Gasteiger partial charge in [0.05, 0.1) is 16.8 Å². The Hall–Kier alpha value is -8.46. The maximum absolute atomic E-state index is 6.59. The van der Waals surface area contributed by atoms with Crippen LogP contribution in [0.5, 0.6) is 0 Å². The first-order chi connectivity index (χ1) is 31.7. The normalized spacial score (nSPS) is 11.4. The van der Waals surface area contributed by atoms with Crippen LogP contribution in [0.15, 0.2) is 253 Å². The molecule has 2 nitrogen and oxygen atoms in total. The van der Waals surface area contributed by atoms with Crippen molar-refractivity contribution in [2.24, 2.45) is 0 Å². The number of furan rings is 1. The lowest BCUT2D eigenvalue weighted by molar-refractivity contribution is 0.669. The van der Waals surface area contributed by atoms with Gasteiger partial charge in [0.15, 0.2) is 0 Å². The molecule has 0 atom stereocenters. The highest BCUT2D eigenvalue weighted by molar-refractivity contribution is 6.24. The van der Waals surface area contributed by atoms with Crippen LogP contribution in [0.2, 0.25) is 0 Å². The van der Waals surface area contributed by atoms with Crippen molar-refractivity contribution in [1.29, 1.82) is 0 Å². The molecule has 0 aliphatic carbocycles. The molecule has 12 rings (SSSR count). The SMILES string of the molecule is c1ccc(-c2ccc(-c3c(N(c4ccc(-c5cc(-c6ccccc6)cc(-c6ccccc6)c5)cc4)c4cccc5oc6ccccc6c45)c4ccccc4c4ccccc34)cc2)cc1. The Morgan fingerprint density at radius 2 is 0.672 bits per heavy atom. The predicted octanol–water partition coefficient (Wildman–Crippen LogP) is 17.7. The van der Waals surface area contributed by atoms with Gasteiger partial charge in [-0.3, -0.25) is 0 Å². The summed E-state index contributed by atoms with van der Waals surface area (Å²) in [5.41, 5.74) is 16.7. The first-order valence-corrected chi connectivity index (χ1v) is 21.9. The summed E-state index contributed by atoms with van der Waals surface area (Å²) in [7, 11) is 0. The molecule has 0 unspecified atom stereocenters. The Morgan fingerprint density at radius 1 is 0.266 bits per heavy atom. The van der Waals surface area contributed by atoms with E-state index >= 15 is 0 Å². The average molecular weight is 816 g/mol. The van der Waals surface area contributed by atoms with Gasteiger partial charge in [-0.1, -0.05) is 200 Å². The molecular formula is C62H41NO. The van der Waals surface area contributed by atoms with E-state index in [9.17, 15) is 0 Å². The molecule has 0 bridgehead atoms. The van der Waals surface area contributed by atoms with E-state index in [1.54, 1.807) is 0 Å². The van der Waals surface area contributed by atoms with Crippen LogP contribution in [0.25, 0.3) is 99.1 Å². The van der Waals surface area contributed by atoms with Crippen LogP contribution in [0.1, 0.15) is 0 Å². The number of hydrogen-bond acceptors (Lipinski definition) is 2. The van der Waals surface area contributed by atoms with E-state index in [1.165, 1.54) is 60.5 Å². The van der Waals surface area contributed by atoms with Gasteiger partial charge in [-0.05, 0) is 115 Å². The molecule has 0 aliphatic heterocycles. The molecule has 0 saturated heterocycles. The maximum atomic E-state index is 6.59. The monoisotopic (exact) mass is 815 g/mol. The molecule has 300 valence electrons. The zero-order valence-electron chi connectivity index (χ0n) is 35.0. The number of nitrogens with zero attached hydrogens (tertiary/aromatic N) is 1. The Bertz CT molecular complexity index is 3570. The second-order valence-electron chi connectivity index (χ2n) is 16.4. The van der Waals surface area contributed by atoms with Gasteiger partial charge in [0.1, 0.15) is 11.2 Å². The third kappa shape index (κ3) is 6.52. The average Bonchev–Trinajstić information content (AvgIpc) is 3.77. The molecule has 0 N–H and O–H groups in total. The lowest BCUT2D eigenvalue weighted by atomic mass is 9.89. The third-order valence-electron chi connectivity index (χ3n) is 12.6. The minimum atomic E-state index is 0.852. The minimum absolute atomic E-state index is 0.852. The van der Waals surface area contributed by atoms with Crippen molar-refractivity contribution in [2.75, 3.05) is 4.90 Å². The standard InChI is InChI=1S/C62H41NO/c1-4-17-42(18-5-1)45-31-33-47(34-32-45)60-54-25-12-10-23-52(54)53-24-11-13-26-55(53)62(60)63(57-28-16-30-59-61(57)56-27-14-15-29-58(56)64-59)51-37-35-46(36-38-51)50-40-48(43-19-6-2-7-20-43)39-49(41-50)44-21-8-3-9-22-44/h1-41H. The molecule has 11 aromatic carbocycles. The van der Waals surface area contributed by atoms with Gasteiger partial charge < -0.3 is 9.32 Å². The Morgan fingerprint density at radius 3 is 1.27 bits per heavy atom. The largest absolute Gasteiger partial charge is 0.456 e. The summed E-state index contributed by atoms with van der Waals surface area (Å²) >= 11 is 0. The van der Waals surface area contributed by atoms with E-state index in [0.717, 1.165) is 55.7 Å². The second kappa shape index (κ2) is 15.8. The van der Waals surface area contributed by atoms with Crippen LogP contribution in [-0.2, 0) is 0 Å². The van der Waals surface area contributed by atoms with E-state index in [-0.39, 0.29) is 0 Å². The van der Waals surface area contributed by atoms with Crippen molar-refractivity contribution in [2.45, 2.75) is 0 Å². The summed E-state index contributed by atoms with van der Waals surface area (Å²) < 4.78 is 6.59. The van der Waals surface area contributed by atoms with Crippen molar-refractivity contribution in [3.05, 3.63) is 249 Å². The topological polar surface area (TPSA) is 16.4 Å². The molecular weight excluding hydrogens is 775 g/mol. The fourth-order valence-corrected chi connectivity index (χ4v) is 9.63. The highest BCUT2D eigenvalue weighted by Crippen LogP contribution is 2.52. The Labute approximate surface area is 372 Å². The number of anilines is 3. The van der Waals surface area contributed by atoms with Gasteiger partial charge in [0.25, 0.3) is 0 Å². The summed E-state index contributed by atoms with van der Waals surface area (Å²) in [6.45, 7) is 0. The molecule has 0 spiro atoms. The van der Waals surface area contributed by atoms with Crippen molar-refractivity contribution < 1.29 is 4.42 Å². The zero-order chi connectivity index (χ0) is 42.4. The molecule has 0 amide bonds. The van der Waals surface area contributed by atoms with Crippen LogP contribution >= 0.6 is 0 Å². The molecule has 1 heterocycles. The van der Waals surface area contributed by atoms with Crippen LogP contribution in [-0.4, -0.2) is 0 Å². The van der Waals surface area contributed by atoms with Gasteiger partial charge in [-0.25, -0.2) is 0 Å². The minimum Gasteiger partial charge on any atom is -0.456 e. The maximum Gasteiger partial charge on any atom is 0.137 e. The van der Waals surface area contributed by atoms with E-state index in [2.05, 4.69) is 248 Å². The molecule has 0 saturated carbocycles. The number of para-hydroxylation sites is 1. The molecule has 1 aromatic heterocycles. The summed E-state index contributed by atoms with van der Waals surface area (Å²) in [4.78, 5) is 2.49. The van der Waals surface area contributed by atoms with E-state index in [0.29, 0.717) is 0 Å². The van der Waals surface area contributed by atoms with Gasteiger partial charge >= 0.3 is 0 Å². The fourth-order valence-electron chi connectivity index (χ4n) is 9.63. The lowest BCUT2D eigenvalue weighted by Crippen LogP contribution is -2.13. The molecule has 0 fully saturated rings. The van der Waals surface area contributed by atoms with E-state index in [1.807, 2.05) is 6.07 Å². The van der Waals surface area contributed by atoms with Crippen LogP contribution in [0, 0.1) is 0 Å². The fraction of sp³-hybridized carbons (Fsp3) is 0. The van der Waals surface area contributed by atoms with Gasteiger partial charge in [-0.2, -0.15) is 0 Å². The van der Waals surface area contributed by atoms with Crippen molar-refractivity contribution in [1.82, 2.24) is 0 Å². The first-order valence-electron chi connectivity index (χ1n) is 21.9. The van der Waals surface area contributed by atoms with Crippen LogP contribution < -0.4 is 4.90 Å². The van der Waals surface area contributed by atoms with Gasteiger partial charge in [-0.15, -0.1) is 0 Å². The number of benzene rings is 11. The van der Waals surface area contributed by atoms with Gasteiger partial charge in [0.2, 0.25) is 0 Å². The second-order valence-corrected chi connectivity index (χ2v) is 16.4. The molecule has 12 aromatic rings. The highest BCUT2D eigenvalue weighted by atomic mass is 16.3. The smallest absolute Gasteiger partial charge is 0.137 e. The first kappa shape index (κ1) is 37.3. The Balaban J connectivity index is 1.12. The van der Waals surface area contributed by atoms with Gasteiger partial charge in [0, 0.05) is 22.0 Å². The summed E-state index contributed by atoms with van der Waals surface area (Å²) in [5.74, 6) is 0. The summed E-state index contributed by atoms with van der Waals surface area (Å²) in [6.07, 6.45) is 0. The zero-order valence-corrected chi connectivity index (χ0v) is 35.0. The molecule has 64 heavy (non-hydrogen) atoms. The lowest BCUT2D eigenvalue weighted by Gasteiger charge is -2.31. The van der Waals surface area contributed by atoms with Crippen molar-refractivity contribution >= 4 is 60.5 Å². The highest BCUT2D eigenvalue weighted by Gasteiger charge is 2.26. The van der Waals surface area contributed by atoms with Crippen LogP contribution in [0.4, 0.5) is 17.1 Å². The summed E-state index contributed by atoms with van der Waals surface area (Å²) in [5, 5.41) is 6.95. The number of rotatable bonds is 8. The quantitative estimate of drug-likeness (QED) is 0.142.